The lowest BCUT2D eigenvalue weighted by molar-refractivity contribution is 0.0218. The van der Waals surface area contributed by atoms with Gasteiger partial charge in [0.05, 0.1) is 22.1 Å². The van der Waals surface area contributed by atoms with E-state index in [9.17, 15) is 14.0 Å². The van der Waals surface area contributed by atoms with Crippen molar-refractivity contribution in [3.63, 3.8) is 0 Å². The number of halogens is 2. The Morgan fingerprint density at radius 2 is 2.09 bits per heavy atom. The standard InChI is InChI=1S/C22H23ClFN5O3/c1-22(2,3)32-21(31)29-10-4-5-16(29)18-27-17-13(8-9-25-19(17)28-18)20(30)26-12-6-7-15(24)14(23)11-12/h6-9,11,16H,4-5,10H2,1-3H3,(H,26,30)(H,25,27,28). The molecule has 1 aromatic carbocycles. The largest absolute Gasteiger partial charge is 0.444 e. The zero-order valence-corrected chi connectivity index (χ0v) is 18.7. The summed E-state index contributed by atoms with van der Waals surface area (Å²) in [6, 6.07) is 5.20. The third-order valence-corrected chi connectivity index (χ3v) is 5.32. The van der Waals surface area contributed by atoms with Crippen LogP contribution in [0.2, 0.25) is 5.02 Å². The number of H-pyrrole nitrogens is 1. The van der Waals surface area contributed by atoms with E-state index in [1.165, 1.54) is 24.4 Å². The van der Waals surface area contributed by atoms with Gasteiger partial charge in [-0.1, -0.05) is 11.6 Å². The highest BCUT2D eigenvalue weighted by Crippen LogP contribution is 2.33. The maximum atomic E-state index is 13.4. The van der Waals surface area contributed by atoms with Gasteiger partial charge < -0.3 is 15.0 Å². The quantitative estimate of drug-likeness (QED) is 0.569. The maximum absolute atomic E-state index is 13.4. The summed E-state index contributed by atoms with van der Waals surface area (Å²) in [5, 5.41) is 2.61. The molecule has 0 bridgehead atoms. The van der Waals surface area contributed by atoms with Gasteiger partial charge in [0.25, 0.3) is 5.91 Å². The number of carbonyl (C=O) groups is 2. The van der Waals surface area contributed by atoms with Crippen LogP contribution in [0.4, 0.5) is 14.9 Å². The molecule has 0 saturated carbocycles. The smallest absolute Gasteiger partial charge is 0.410 e. The van der Waals surface area contributed by atoms with Crippen molar-refractivity contribution in [3.05, 3.63) is 52.7 Å². The molecule has 1 unspecified atom stereocenters. The third-order valence-electron chi connectivity index (χ3n) is 5.03. The summed E-state index contributed by atoms with van der Waals surface area (Å²) in [6.07, 6.45) is 2.61. The molecule has 1 saturated heterocycles. The van der Waals surface area contributed by atoms with Crippen molar-refractivity contribution in [2.24, 2.45) is 0 Å². The van der Waals surface area contributed by atoms with Gasteiger partial charge in [-0.15, -0.1) is 0 Å². The molecule has 8 nitrogen and oxygen atoms in total. The molecule has 0 radical (unpaired) electrons. The highest BCUT2D eigenvalue weighted by atomic mass is 35.5. The van der Waals surface area contributed by atoms with Crippen LogP contribution < -0.4 is 5.32 Å². The fourth-order valence-electron chi connectivity index (χ4n) is 3.64. The average Bonchev–Trinajstić information content (AvgIpc) is 3.35. The number of hydrogen-bond acceptors (Lipinski definition) is 5. The van der Waals surface area contributed by atoms with Crippen LogP contribution in [0.1, 0.15) is 55.8 Å². The number of pyridine rings is 1. The highest BCUT2D eigenvalue weighted by molar-refractivity contribution is 6.31. The Kier molecular flexibility index (Phi) is 5.77. The molecule has 2 N–H and O–H groups in total. The van der Waals surface area contributed by atoms with E-state index in [1.54, 1.807) is 11.0 Å². The monoisotopic (exact) mass is 459 g/mol. The second kappa shape index (κ2) is 8.38. The number of aromatic nitrogens is 3. The molecule has 3 heterocycles. The summed E-state index contributed by atoms with van der Waals surface area (Å²) >= 11 is 5.80. The third kappa shape index (κ3) is 4.52. The van der Waals surface area contributed by atoms with Crippen molar-refractivity contribution in [3.8, 4) is 0 Å². The predicted molar refractivity (Wildman–Crippen MR) is 118 cm³/mol. The molecular weight excluding hydrogens is 437 g/mol. The van der Waals surface area contributed by atoms with Crippen LogP contribution in [0.15, 0.2) is 30.5 Å². The van der Waals surface area contributed by atoms with Gasteiger partial charge in [0.2, 0.25) is 0 Å². The SMILES string of the molecule is CC(C)(C)OC(=O)N1CCCC1c1nc2nccc(C(=O)Nc3ccc(F)c(Cl)c3)c2[nH]1. The first kappa shape index (κ1) is 22.0. The number of rotatable bonds is 3. The van der Waals surface area contributed by atoms with E-state index >= 15 is 0 Å². The van der Waals surface area contributed by atoms with Gasteiger partial charge in [-0.3, -0.25) is 9.69 Å². The average molecular weight is 460 g/mol. The van der Waals surface area contributed by atoms with Crippen molar-refractivity contribution < 1.29 is 18.7 Å². The first-order valence-corrected chi connectivity index (χ1v) is 10.6. The van der Waals surface area contributed by atoms with E-state index in [0.29, 0.717) is 41.2 Å². The van der Waals surface area contributed by atoms with E-state index in [2.05, 4.69) is 20.3 Å². The number of carbonyl (C=O) groups excluding carboxylic acids is 2. The number of benzene rings is 1. The zero-order chi connectivity index (χ0) is 23.0. The molecule has 0 aliphatic carbocycles. The number of amides is 2. The van der Waals surface area contributed by atoms with Crippen LogP contribution in [0.25, 0.3) is 11.2 Å². The molecule has 3 aromatic rings. The Morgan fingerprint density at radius 1 is 1.31 bits per heavy atom. The van der Waals surface area contributed by atoms with Crippen molar-refractivity contribution in [2.75, 3.05) is 11.9 Å². The minimum absolute atomic E-state index is 0.0880. The van der Waals surface area contributed by atoms with Gasteiger partial charge >= 0.3 is 6.09 Å². The second-order valence-electron chi connectivity index (χ2n) is 8.59. The van der Waals surface area contributed by atoms with Crippen molar-refractivity contribution in [1.82, 2.24) is 19.9 Å². The number of likely N-dealkylation sites (tertiary alicyclic amines) is 1. The minimum Gasteiger partial charge on any atom is -0.444 e. The number of hydrogen-bond donors (Lipinski definition) is 2. The van der Waals surface area contributed by atoms with Gasteiger partial charge in [0.15, 0.2) is 5.65 Å². The fourth-order valence-corrected chi connectivity index (χ4v) is 3.82. The number of anilines is 1. The lowest BCUT2D eigenvalue weighted by Crippen LogP contribution is -2.36. The number of fused-ring (bicyclic) bond motifs is 1. The molecule has 0 spiro atoms. The van der Waals surface area contributed by atoms with Crippen LogP contribution in [0, 0.1) is 5.82 Å². The van der Waals surface area contributed by atoms with Gasteiger partial charge in [0, 0.05) is 18.4 Å². The summed E-state index contributed by atoms with van der Waals surface area (Å²) in [4.78, 5) is 39.1. The predicted octanol–water partition coefficient (Wildman–Crippen LogP) is 5.07. The molecule has 1 atom stereocenters. The van der Waals surface area contributed by atoms with E-state index in [0.717, 1.165) is 6.42 Å². The lowest BCUT2D eigenvalue weighted by Gasteiger charge is -2.27. The van der Waals surface area contributed by atoms with E-state index in [-0.39, 0.29) is 11.1 Å². The topological polar surface area (TPSA) is 100 Å². The molecular formula is C22H23ClFN5O3. The summed E-state index contributed by atoms with van der Waals surface area (Å²) in [6.45, 7) is 6.02. The van der Waals surface area contributed by atoms with Gasteiger partial charge in [-0.25, -0.2) is 19.2 Å². The Bertz CT molecular complexity index is 1190. The minimum atomic E-state index is -0.603. The summed E-state index contributed by atoms with van der Waals surface area (Å²) in [5.74, 6) is -0.452. The molecule has 2 aromatic heterocycles. The Balaban J connectivity index is 1.61. The molecule has 10 heteroatoms. The molecule has 1 aliphatic heterocycles. The molecule has 2 amide bonds. The second-order valence-corrected chi connectivity index (χ2v) is 9.00. The summed E-state index contributed by atoms with van der Waals surface area (Å²) in [7, 11) is 0. The van der Waals surface area contributed by atoms with Crippen LogP contribution >= 0.6 is 11.6 Å². The summed E-state index contributed by atoms with van der Waals surface area (Å²) in [5.41, 5.74) is 0.882. The normalized spacial score (nSPS) is 16.4. The van der Waals surface area contributed by atoms with Crippen LogP contribution in [-0.2, 0) is 4.74 Å². The van der Waals surface area contributed by atoms with Crippen LogP contribution in [-0.4, -0.2) is 44.0 Å². The zero-order valence-electron chi connectivity index (χ0n) is 17.9. The number of ether oxygens (including phenoxy) is 1. The number of aromatic amines is 1. The van der Waals surface area contributed by atoms with Crippen LogP contribution in [0.3, 0.4) is 0 Å². The molecule has 32 heavy (non-hydrogen) atoms. The van der Waals surface area contributed by atoms with Gasteiger partial charge in [-0.2, -0.15) is 0 Å². The van der Waals surface area contributed by atoms with E-state index < -0.39 is 23.4 Å². The molecule has 1 aliphatic rings. The first-order chi connectivity index (χ1) is 15.1. The van der Waals surface area contributed by atoms with Crippen molar-refractivity contribution >= 4 is 40.5 Å². The highest BCUT2D eigenvalue weighted by Gasteiger charge is 2.35. The van der Waals surface area contributed by atoms with Gasteiger partial charge in [0.1, 0.15) is 17.2 Å². The molecule has 168 valence electrons. The van der Waals surface area contributed by atoms with Crippen molar-refractivity contribution in [2.45, 2.75) is 45.3 Å². The Labute approximate surface area is 189 Å². The molecule has 1 fully saturated rings. The number of nitrogens with one attached hydrogen (secondary N) is 2. The first-order valence-electron chi connectivity index (χ1n) is 10.2. The van der Waals surface area contributed by atoms with E-state index in [4.69, 9.17) is 16.3 Å². The Morgan fingerprint density at radius 3 is 2.81 bits per heavy atom. The Hall–Kier alpha value is -3.20. The van der Waals surface area contributed by atoms with Crippen LogP contribution in [0.5, 0.6) is 0 Å². The number of nitrogens with zero attached hydrogens (tertiary/aromatic N) is 3. The van der Waals surface area contributed by atoms with Crippen molar-refractivity contribution in [1.29, 1.82) is 0 Å². The van der Waals surface area contributed by atoms with E-state index in [1.807, 2.05) is 20.8 Å². The lowest BCUT2D eigenvalue weighted by atomic mass is 10.2. The molecule has 4 rings (SSSR count). The number of imidazole rings is 1. The maximum Gasteiger partial charge on any atom is 0.410 e. The fraction of sp³-hybridized carbons (Fsp3) is 0.364. The summed E-state index contributed by atoms with van der Waals surface area (Å²) < 4.78 is 18.9. The van der Waals surface area contributed by atoms with Gasteiger partial charge in [-0.05, 0) is 57.9 Å².